The summed E-state index contributed by atoms with van der Waals surface area (Å²) >= 11 is 0. The Hall–Kier alpha value is -2.27. The largest absolute Gasteiger partial charge is 0.356 e. The molecule has 1 atom stereocenters. The predicted octanol–water partition coefficient (Wildman–Crippen LogP) is 4.68. The lowest BCUT2D eigenvalue weighted by molar-refractivity contribution is -0.0369. The minimum atomic E-state index is -0.367. The summed E-state index contributed by atoms with van der Waals surface area (Å²) in [4.78, 5) is 0. The van der Waals surface area contributed by atoms with Crippen molar-refractivity contribution in [2.45, 2.75) is 25.5 Å². The number of hydrogen-bond acceptors (Lipinski definition) is 2. The van der Waals surface area contributed by atoms with Gasteiger partial charge < -0.3 is 4.74 Å². The van der Waals surface area contributed by atoms with Crippen LogP contribution in [-0.2, 0) is 4.74 Å². The first kappa shape index (κ1) is 14.3. The number of ether oxygens (including phenoxy) is 1. The SMILES string of the molecule is Fc1cccc(-c2cc(F)c3c(cnn3C3CCCCO3)c2)c1. The van der Waals surface area contributed by atoms with Crippen LogP contribution >= 0.6 is 0 Å². The van der Waals surface area contributed by atoms with E-state index >= 15 is 0 Å². The molecule has 2 heterocycles. The smallest absolute Gasteiger partial charge is 0.150 e. The lowest BCUT2D eigenvalue weighted by Crippen LogP contribution is -2.19. The van der Waals surface area contributed by atoms with Gasteiger partial charge in [0.1, 0.15) is 17.2 Å². The van der Waals surface area contributed by atoms with E-state index in [9.17, 15) is 8.78 Å². The normalized spacial score (nSPS) is 18.4. The van der Waals surface area contributed by atoms with Gasteiger partial charge in [-0.2, -0.15) is 5.10 Å². The van der Waals surface area contributed by atoms with Gasteiger partial charge in [-0.05, 0) is 54.7 Å². The van der Waals surface area contributed by atoms with Crippen LogP contribution in [0, 0.1) is 11.6 Å². The van der Waals surface area contributed by atoms with E-state index in [1.807, 2.05) is 6.07 Å². The third-order valence-electron chi connectivity index (χ3n) is 4.23. The molecule has 1 fully saturated rings. The summed E-state index contributed by atoms with van der Waals surface area (Å²) in [7, 11) is 0. The number of rotatable bonds is 2. The van der Waals surface area contributed by atoms with Crippen LogP contribution in [0.1, 0.15) is 25.5 Å². The zero-order valence-electron chi connectivity index (χ0n) is 12.5. The van der Waals surface area contributed by atoms with E-state index in [1.165, 1.54) is 18.2 Å². The number of benzene rings is 2. The zero-order chi connectivity index (χ0) is 15.8. The molecule has 0 spiro atoms. The van der Waals surface area contributed by atoms with Crippen molar-refractivity contribution >= 4 is 10.9 Å². The fraction of sp³-hybridized carbons (Fsp3) is 0.278. The molecular formula is C18H16F2N2O. The van der Waals surface area contributed by atoms with Gasteiger partial charge in [-0.1, -0.05) is 12.1 Å². The topological polar surface area (TPSA) is 27.1 Å². The standard InChI is InChI=1S/C18H16F2N2O/c19-15-5-3-4-12(9-15)13-8-14-11-21-22(18(14)16(20)10-13)17-6-1-2-7-23-17/h3-5,8-11,17H,1-2,6-7H2. The Morgan fingerprint density at radius 3 is 2.78 bits per heavy atom. The van der Waals surface area contributed by atoms with Crippen molar-refractivity contribution in [3.63, 3.8) is 0 Å². The molecule has 0 aliphatic carbocycles. The molecule has 1 aromatic heterocycles. The molecule has 1 unspecified atom stereocenters. The number of hydrogen-bond donors (Lipinski definition) is 0. The second-order valence-electron chi connectivity index (χ2n) is 5.82. The second-order valence-corrected chi connectivity index (χ2v) is 5.82. The number of aromatic nitrogens is 2. The first-order chi connectivity index (χ1) is 11.2. The maximum Gasteiger partial charge on any atom is 0.150 e. The van der Waals surface area contributed by atoms with Crippen LogP contribution in [0.25, 0.3) is 22.0 Å². The van der Waals surface area contributed by atoms with Crippen LogP contribution in [0.2, 0.25) is 0 Å². The van der Waals surface area contributed by atoms with Crippen LogP contribution < -0.4 is 0 Å². The molecule has 1 saturated heterocycles. The van der Waals surface area contributed by atoms with Gasteiger partial charge in [-0.3, -0.25) is 0 Å². The molecular weight excluding hydrogens is 298 g/mol. The molecule has 2 aromatic carbocycles. The molecule has 5 heteroatoms. The summed E-state index contributed by atoms with van der Waals surface area (Å²) in [5.41, 5.74) is 1.73. The van der Waals surface area contributed by atoms with Crippen LogP contribution in [0.3, 0.4) is 0 Å². The van der Waals surface area contributed by atoms with E-state index in [0.717, 1.165) is 19.3 Å². The highest BCUT2D eigenvalue weighted by Gasteiger charge is 2.21. The third-order valence-corrected chi connectivity index (χ3v) is 4.23. The summed E-state index contributed by atoms with van der Waals surface area (Å²) in [6.07, 6.45) is 4.34. The highest BCUT2D eigenvalue weighted by atomic mass is 19.1. The molecule has 0 bridgehead atoms. The van der Waals surface area contributed by atoms with Crippen LogP contribution in [0.4, 0.5) is 8.78 Å². The number of fused-ring (bicyclic) bond motifs is 1. The van der Waals surface area contributed by atoms with Crippen molar-refractivity contribution in [2.24, 2.45) is 0 Å². The molecule has 23 heavy (non-hydrogen) atoms. The summed E-state index contributed by atoms with van der Waals surface area (Å²) in [6, 6.07) is 9.41. The Morgan fingerprint density at radius 1 is 1.09 bits per heavy atom. The van der Waals surface area contributed by atoms with E-state index in [0.29, 0.717) is 28.6 Å². The van der Waals surface area contributed by atoms with Crippen molar-refractivity contribution in [1.29, 1.82) is 0 Å². The minimum Gasteiger partial charge on any atom is -0.356 e. The average Bonchev–Trinajstić information content (AvgIpc) is 3.00. The monoisotopic (exact) mass is 314 g/mol. The van der Waals surface area contributed by atoms with Crippen molar-refractivity contribution in [3.05, 3.63) is 54.2 Å². The van der Waals surface area contributed by atoms with E-state index < -0.39 is 0 Å². The molecule has 0 N–H and O–H groups in total. The quantitative estimate of drug-likeness (QED) is 0.686. The number of nitrogens with zero attached hydrogens (tertiary/aromatic N) is 2. The lowest BCUT2D eigenvalue weighted by Gasteiger charge is -2.23. The third kappa shape index (κ3) is 2.61. The van der Waals surface area contributed by atoms with Gasteiger partial charge in [0.15, 0.2) is 6.23 Å². The second kappa shape index (κ2) is 5.74. The van der Waals surface area contributed by atoms with Gasteiger partial charge >= 0.3 is 0 Å². The lowest BCUT2D eigenvalue weighted by atomic mass is 10.0. The first-order valence-corrected chi connectivity index (χ1v) is 7.77. The predicted molar refractivity (Wildman–Crippen MR) is 83.9 cm³/mol. The van der Waals surface area contributed by atoms with Crippen molar-refractivity contribution in [2.75, 3.05) is 6.61 Å². The molecule has 4 rings (SSSR count). The Morgan fingerprint density at radius 2 is 2.00 bits per heavy atom. The molecule has 0 radical (unpaired) electrons. The van der Waals surface area contributed by atoms with Gasteiger partial charge in [0, 0.05) is 12.0 Å². The van der Waals surface area contributed by atoms with E-state index in [1.54, 1.807) is 23.0 Å². The molecule has 0 amide bonds. The fourth-order valence-corrected chi connectivity index (χ4v) is 3.11. The van der Waals surface area contributed by atoms with Crippen molar-refractivity contribution < 1.29 is 13.5 Å². The summed E-state index contributed by atoms with van der Waals surface area (Å²) < 4.78 is 35.4. The van der Waals surface area contributed by atoms with Crippen LogP contribution in [0.5, 0.6) is 0 Å². The van der Waals surface area contributed by atoms with Gasteiger partial charge in [0.25, 0.3) is 0 Å². The minimum absolute atomic E-state index is 0.212. The molecule has 118 valence electrons. The van der Waals surface area contributed by atoms with E-state index in [4.69, 9.17) is 4.74 Å². The Bertz CT molecular complexity index is 853. The Kier molecular flexibility index (Phi) is 3.58. The van der Waals surface area contributed by atoms with Gasteiger partial charge in [-0.25, -0.2) is 13.5 Å². The maximum atomic E-state index is 14.7. The van der Waals surface area contributed by atoms with Crippen molar-refractivity contribution in [1.82, 2.24) is 9.78 Å². The van der Waals surface area contributed by atoms with Gasteiger partial charge in [-0.15, -0.1) is 0 Å². The van der Waals surface area contributed by atoms with Gasteiger partial charge in [0.05, 0.1) is 6.20 Å². The summed E-state index contributed by atoms with van der Waals surface area (Å²) in [5, 5.41) is 5.00. The maximum absolute atomic E-state index is 14.7. The molecule has 1 aliphatic heterocycles. The van der Waals surface area contributed by atoms with Crippen molar-refractivity contribution in [3.8, 4) is 11.1 Å². The highest BCUT2D eigenvalue weighted by molar-refractivity contribution is 5.85. The molecule has 3 aromatic rings. The van der Waals surface area contributed by atoms with Crippen LogP contribution in [-0.4, -0.2) is 16.4 Å². The number of halogens is 2. The van der Waals surface area contributed by atoms with Crippen LogP contribution in [0.15, 0.2) is 42.6 Å². The first-order valence-electron chi connectivity index (χ1n) is 7.77. The summed E-state index contributed by atoms with van der Waals surface area (Å²) in [5.74, 6) is -0.706. The fourth-order valence-electron chi connectivity index (χ4n) is 3.11. The highest BCUT2D eigenvalue weighted by Crippen LogP contribution is 2.31. The van der Waals surface area contributed by atoms with Gasteiger partial charge in [0.2, 0.25) is 0 Å². The molecule has 3 nitrogen and oxygen atoms in total. The Labute approximate surface area is 132 Å². The summed E-state index contributed by atoms with van der Waals surface area (Å²) in [6.45, 7) is 0.676. The van der Waals surface area contributed by atoms with E-state index in [2.05, 4.69) is 5.10 Å². The molecule has 0 saturated carbocycles. The average molecular weight is 314 g/mol. The zero-order valence-corrected chi connectivity index (χ0v) is 12.5. The Balaban J connectivity index is 1.80. The molecule has 1 aliphatic rings. The van der Waals surface area contributed by atoms with E-state index in [-0.39, 0.29) is 17.9 Å².